The zero-order valence-electron chi connectivity index (χ0n) is 10.0. The zero-order chi connectivity index (χ0) is 13.3. The van der Waals surface area contributed by atoms with Crippen molar-refractivity contribution in [3.8, 4) is 0 Å². The number of carboxylic acids is 1. The molecule has 0 N–H and O–H groups in total. The summed E-state index contributed by atoms with van der Waals surface area (Å²) in [4.78, 5) is 23.2. The number of rotatable bonds is 3. The maximum absolute atomic E-state index is 12.1. The van der Waals surface area contributed by atoms with Gasteiger partial charge >= 0.3 is 0 Å². The zero-order valence-corrected chi connectivity index (χ0v) is 10.0. The first kappa shape index (κ1) is 12.2. The van der Waals surface area contributed by atoms with Crippen LogP contribution in [0.15, 0.2) is 29.1 Å². The Morgan fingerprint density at radius 2 is 2.00 bits per heavy atom. The second-order valence-corrected chi connectivity index (χ2v) is 4.36. The molecule has 18 heavy (non-hydrogen) atoms. The van der Waals surface area contributed by atoms with E-state index < -0.39 is 17.6 Å². The van der Waals surface area contributed by atoms with Gasteiger partial charge in [-0.3, -0.25) is 4.79 Å². The van der Waals surface area contributed by atoms with Crippen LogP contribution < -0.4 is 10.7 Å². The molecule has 0 unspecified atom stereocenters. The molecule has 0 saturated heterocycles. The number of carbonyl (C=O) groups excluding carboxylic acids is 1. The highest BCUT2D eigenvalue weighted by atomic mass is 16.4. The van der Waals surface area contributed by atoms with Gasteiger partial charge in [0, 0.05) is 0 Å². The monoisotopic (exact) mass is 246 g/mol. The van der Waals surface area contributed by atoms with Crippen LogP contribution in [0, 0.1) is 5.92 Å². The highest BCUT2D eigenvalue weighted by Gasteiger charge is 2.20. The van der Waals surface area contributed by atoms with Gasteiger partial charge in [0.15, 0.2) is 0 Å². The van der Waals surface area contributed by atoms with Gasteiger partial charge in [-0.05, 0) is 18.1 Å². The van der Waals surface area contributed by atoms with E-state index in [2.05, 4.69) is 10.3 Å². The van der Waals surface area contributed by atoms with E-state index in [1.54, 1.807) is 38.1 Å². The molecule has 0 amide bonds. The summed E-state index contributed by atoms with van der Waals surface area (Å²) in [5.41, 5.74) is -0.0249. The lowest BCUT2D eigenvalue weighted by Gasteiger charge is -2.22. The smallest absolute Gasteiger partial charge is 0.278 e. The second-order valence-electron chi connectivity index (χ2n) is 4.36. The lowest BCUT2D eigenvalue weighted by atomic mass is 10.1. The molecule has 0 aliphatic carbocycles. The van der Waals surface area contributed by atoms with Gasteiger partial charge < -0.3 is 9.90 Å². The van der Waals surface area contributed by atoms with Crippen molar-refractivity contribution in [2.45, 2.75) is 19.9 Å². The van der Waals surface area contributed by atoms with Crippen LogP contribution in [0.1, 0.15) is 19.9 Å². The number of hydrogen-bond donors (Lipinski definition) is 0. The molecule has 1 atom stereocenters. The average molecular weight is 246 g/mol. The standard InChI is InChI=1S/C12H13N3O3/c1-7(2)10(12(17)18)15-11(16)8-5-3-4-6-9(8)13-14-15/h3-7,10H,1-2H3,(H,17,18)/p-1/t10-/m0/s1. The Hall–Kier alpha value is -2.24. The van der Waals surface area contributed by atoms with Crippen LogP contribution >= 0.6 is 0 Å². The van der Waals surface area contributed by atoms with Crippen LogP contribution in [0.25, 0.3) is 10.9 Å². The highest BCUT2D eigenvalue weighted by molar-refractivity contribution is 5.77. The maximum Gasteiger partial charge on any atom is 0.278 e. The first-order valence-corrected chi connectivity index (χ1v) is 5.57. The van der Waals surface area contributed by atoms with Crippen LogP contribution in [-0.4, -0.2) is 21.0 Å². The number of hydrogen-bond acceptors (Lipinski definition) is 5. The Bertz CT molecular complexity index is 648. The molecule has 2 aromatic rings. The fraction of sp³-hybridized carbons (Fsp3) is 0.333. The molecule has 6 heteroatoms. The molecule has 1 heterocycles. The molecule has 0 spiro atoms. The van der Waals surface area contributed by atoms with Crippen LogP contribution in [0.5, 0.6) is 0 Å². The SMILES string of the molecule is CC(C)[C@@H](C(=O)[O-])n1nnc2ccccc2c1=O. The van der Waals surface area contributed by atoms with Gasteiger partial charge in [0.1, 0.15) is 5.52 Å². The minimum atomic E-state index is -1.34. The van der Waals surface area contributed by atoms with Crippen LogP contribution in [0.4, 0.5) is 0 Å². The van der Waals surface area contributed by atoms with Crippen LogP contribution in [0.2, 0.25) is 0 Å². The van der Waals surface area contributed by atoms with Gasteiger partial charge in [0.2, 0.25) is 0 Å². The molecule has 6 nitrogen and oxygen atoms in total. The third kappa shape index (κ3) is 1.97. The van der Waals surface area contributed by atoms with Crippen molar-refractivity contribution >= 4 is 16.9 Å². The third-order valence-electron chi connectivity index (χ3n) is 2.73. The van der Waals surface area contributed by atoms with Gasteiger partial charge in [-0.15, -0.1) is 5.10 Å². The molecule has 0 saturated carbocycles. The van der Waals surface area contributed by atoms with Gasteiger partial charge in [-0.1, -0.05) is 31.2 Å². The molecule has 0 aliphatic heterocycles. The molecule has 0 aliphatic rings. The summed E-state index contributed by atoms with van der Waals surface area (Å²) in [6, 6.07) is 5.56. The molecular formula is C12H12N3O3-. The van der Waals surface area contributed by atoms with Crippen LogP contribution in [0.3, 0.4) is 0 Å². The molecule has 1 aromatic heterocycles. The van der Waals surface area contributed by atoms with Gasteiger partial charge in [-0.2, -0.15) is 0 Å². The van der Waals surface area contributed by atoms with E-state index in [1.165, 1.54) is 0 Å². The lowest BCUT2D eigenvalue weighted by Crippen LogP contribution is -2.42. The normalized spacial score (nSPS) is 12.8. The van der Waals surface area contributed by atoms with Crippen LogP contribution in [-0.2, 0) is 4.79 Å². The maximum atomic E-state index is 12.1. The van der Waals surface area contributed by atoms with E-state index in [1.807, 2.05) is 0 Å². The molecule has 0 fully saturated rings. The fourth-order valence-corrected chi connectivity index (χ4v) is 1.84. The van der Waals surface area contributed by atoms with Crippen molar-refractivity contribution in [1.29, 1.82) is 0 Å². The Kier molecular flexibility index (Phi) is 3.10. The molecule has 0 radical (unpaired) electrons. The van der Waals surface area contributed by atoms with Gasteiger partial charge in [0.25, 0.3) is 5.56 Å². The largest absolute Gasteiger partial charge is 0.548 e. The van der Waals surface area contributed by atoms with Crippen molar-refractivity contribution in [3.05, 3.63) is 34.6 Å². The first-order chi connectivity index (χ1) is 8.52. The average Bonchev–Trinajstić information content (AvgIpc) is 2.32. The van der Waals surface area contributed by atoms with E-state index in [9.17, 15) is 14.7 Å². The summed E-state index contributed by atoms with van der Waals surface area (Å²) in [5.74, 6) is -1.65. The number of carbonyl (C=O) groups is 1. The molecule has 0 bridgehead atoms. The molecule has 1 aromatic carbocycles. The summed E-state index contributed by atoms with van der Waals surface area (Å²) in [6.07, 6.45) is 0. The third-order valence-corrected chi connectivity index (χ3v) is 2.73. The van der Waals surface area contributed by atoms with E-state index in [0.29, 0.717) is 10.9 Å². The topological polar surface area (TPSA) is 87.9 Å². The molecule has 2 rings (SSSR count). The van der Waals surface area contributed by atoms with Crippen molar-refractivity contribution in [2.24, 2.45) is 5.92 Å². The predicted octanol–water partition coefficient (Wildman–Crippen LogP) is -0.262. The Balaban J connectivity index is 2.68. The highest BCUT2D eigenvalue weighted by Crippen LogP contribution is 2.14. The van der Waals surface area contributed by atoms with Crippen molar-refractivity contribution in [2.75, 3.05) is 0 Å². The van der Waals surface area contributed by atoms with Crippen molar-refractivity contribution in [3.63, 3.8) is 0 Å². The van der Waals surface area contributed by atoms with E-state index in [-0.39, 0.29) is 5.92 Å². The second kappa shape index (κ2) is 4.56. The first-order valence-electron chi connectivity index (χ1n) is 5.57. The number of aliphatic carboxylic acids is 1. The summed E-state index contributed by atoms with van der Waals surface area (Å²) < 4.78 is 0.877. The van der Waals surface area contributed by atoms with Gasteiger partial charge in [0.05, 0.1) is 17.4 Å². The lowest BCUT2D eigenvalue weighted by molar-refractivity contribution is -0.312. The van der Waals surface area contributed by atoms with Crippen molar-refractivity contribution in [1.82, 2.24) is 15.0 Å². The van der Waals surface area contributed by atoms with E-state index >= 15 is 0 Å². The summed E-state index contributed by atoms with van der Waals surface area (Å²) >= 11 is 0. The van der Waals surface area contributed by atoms with Gasteiger partial charge in [-0.25, -0.2) is 4.68 Å². The Labute approximate surface area is 103 Å². The number of benzene rings is 1. The summed E-state index contributed by atoms with van der Waals surface area (Å²) in [7, 11) is 0. The van der Waals surface area contributed by atoms with E-state index in [0.717, 1.165) is 4.68 Å². The minimum Gasteiger partial charge on any atom is -0.548 e. The number of nitrogens with zero attached hydrogens (tertiary/aromatic N) is 3. The summed E-state index contributed by atoms with van der Waals surface area (Å²) in [5, 5.41) is 19.0. The number of carboxylic acid groups (broad SMARTS) is 1. The Morgan fingerprint density at radius 3 is 2.61 bits per heavy atom. The summed E-state index contributed by atoms with van der Waals surface area (Å²) in [6.45, 7) is 3.37. The van der Waals surface area contributed by atoms with E-state index in [4.69, 9.17) is 0 Å². The van der Waals surface area contributed by atoms with Crippen molar-refractivity contribution < 1.29 is 9.90 Å². The predicted molar refractivity (Wildman–Crippen MR) is 62.7 cm³/mol. The number of fused-ring (bicyclic) bond motifs is 1. The quantitative estimate of drug-likeness (QED) is 0.744. The number of aromatic nitrogens is 3. The fourth-order valence-electron chi connectivity index (χ4n) is 1.84. The molecular weight excluding hydrogens is 234 g/mol. The Morgan fingerprint density at radius 1 is 1.33 bits per heavy atom. The molecule has 94 valence electrons. The minimum absolute atomic E-state index is 0.317.